The quantitative estimate of drug-likeness (QED) is 0.851. The molecule has 0 spiro atoms. The molecule has 1 fully saturated rings. The van der Waals surface area contributed by atoms with E-state index >= 15 is 0 Å². The van der Waals surface area contributed by atoms with Crippen molar-refractivity contribution in [2.75, 3.05) is 32.7 Å². The van der Waals surface area contributed by atoms with Gasteiger partial charge in [0.2, 0.25) is 11.8 Å². The largest absolute Gasteiger partial charge is 0.497 e. The number of amides is 2. The van der Waals surface area contributed by atoms with Crippen LogP contribution in [-0.4, -0.2) is 50.1 Å². The van der Waals surface area contributed by atoms with Gasteiger partial charge in [0, 0.05) is 19.3 Å². The number of anilines is 1. The van der Waals surface area contributed by atoms with Crippen LogP contribution in [0.2, 0.25) is 0 Å². The van der Waals surface area contributed by atoms with Crippen molar-refractivity contribution >= 4 is 17.5 Å². The van der Waals surface area contributed by atoms with E-state index in [-0.39, 0.29) is 18.4 Å². The van der Waals surface area contributed by atoms with Crippen molar-refractivity contribution in [1.29, 1.82) is 0 Å². The Balaban J connectivity index is 1.67. The maximum Gasteiger partial charge on any atom is 0.249 e. The lowest BCUT2D eigenvalue weighted by atomic mass is 10.1. The molecular weight excluding hydrogens is 344 g/mol. The molecule has 1 N–H and O–H groups in total. The molecule has 1 aliphatic heterocycles. The topological polar surface area (TPSA) is 67.9 Å². The molecular formula is C21H24N2O4. The van der Waals surface area contributed by atoms with Gasteiger partial charge in [-0.05, 0) is 48.2 Å². The van der Waals surface area contributed by atoms with Crippen LogP contribution in [-0.2, 0) is 14.3 Å². The van der Waals surface area contributed by atoms with Gasteiger partial charge in [0.15, 0.2) is 0 Å². The molecule has 6 nitrogen and oxygen atoms in total. The van der Waals surface area contributed by atoms with Crippen LogP contribution < -0.4 is 10.1 Å². The third-order valence-corrected chi connectivity index (χ3v) is 4.70. The highest BCUT2D eigenvalue weighted by Gasteiger charge is 2.33. The molecule has 0 radical (unpaired) electrons. The van der Waals surface area contributed by atoms with E-state index in [0.29, 0.717) is 18.7 Å². The number of benzene rings is 2. The Bertz CT molecular complexity index is 804. The normalized spacial score (nSPS) is 16.2. The van der Waals surface area contributed by atoms with Gasteiger partial charge in [-0.1, -0.05) is 24.3 Å². The molecule has 27 heavy (non-hydrogen) atoms. The average molecular weight is 368 g/mol. The summed E-state index contributed by atoms with van der Waals surface area (Å²) in [6.07, 6.45) is 1.49. The molecule has 3 rings (SSSR count). The van der Waals surface area contributed by atoms with Crippen molar-refractivity contribution in [2.24, 2.45) is 0 Å². The van der Waals surface area contributed by atoms with Crippen molar-refractivity contribution in [3.8, 4) is 16.9 Å². The monoisotopic (exact) mass is 368 g/mol. The zero-order chi connectivity index (χ0) is 19.2. The van der Waals surface area contributed by atoms with E-state index in [9.17, 15) is 9.59 Å². The summed E-state index contributed by atoms with van der Waals surface area (Å²) in [5.74, 6) is 0.488. The Morgan fingerprint density at radius 3 is 2.59 bits per heavy atom. The van der Waals surface area contributed by atoms with Crippen LogP contribution in [0.4, 0.5) is 5.69 Å². The lowest BCUT2D eigenvalue weighted by Crippen LogP contribution is -2.44. The minimum atomic E-state index is -0.439. The van der Waals surface area contributed by atoms with Gasteiger partial charge in [0.25, 0.3) is 0 Å². The lowest BCUT2D eigenvalue weighted by Gasteiger charge is -2.23. The van der Waals surface area contributed by atoms with Crippen LogP contribution in [0.3, 0.4) is 0 Å². The smallest absolute Gasteiger partial charge is 0.249 e. The van der Waals surface area contributed by atoms with E-state index in [1.54, 1.807) is 12.0 Å². The van der Waals surface area contributed by atoms with Gasteiger partial charge in [0.1, 0.15) is 18.4 Å². The van der Waals surface area contributed by atoms with Gasteiger partial charge in [0.05, 0.1) is 7.11 Å². The molecule has 2 amide bonds. The van der Waals surface area contributed by atoms with E-state index < -0.39 is 6.04 Å². The van der Waals surface area contributed by atoms with Crippen LogP contribution in [0.25, 0.3) is 11.1 Å². The van der Waals surface area contributed by atoms with Crippen molar-refractivity contribution < 1.29 is 19.1 Å². The third-order valence-electron chi connectivity index (χ3n) is 4.70. The van der Waals surface area contributed by atoms with E-state index in [2.05, 4.69) is 5.32 Å². The van der Waals surface area contributed by atoms with Crippen LogP contribution >= 0.6 is 0 Å². The van der Waals surface area contributed by atoms with E-state index in [1.807, 2.05) is 48.5 Å². The zero-order valence-corrected chi connectivity index (χ0v) is 15.6. The fraction of sp³-hybridized carbons (Fsp3) is 0.333. The number of methoxy groups -OCH3 is 2. The molecule has 0 bridgehead atoms. The van der Waals surface area contributed by atoms with Gasteiger partial charge in [-0.3, -0.25) is 9.59 Å². The van der Waals surface area contributed by atoms with E-state index in [4.69, 9.17) is 9.47 Å². The minimum absolute atomic E-state index is 0.000977. The first-order chi connectivity index (χ1) is 13.1. The molecule has 142 valence electrons. The lowest BCUT2D eigenvalue weighted by molar-refractivity contribution is -0.139. The average Bonchev–Trinajstić information content (AvgIpc) is 3.19. The predicted molar refractivity (Wildman–Crippen MR) is 104 cm³/mol. The number of carbonyl (C=O) groups is 2. The summed E-state index contributed by atoms with van der Waals surface area (Å²) in [5.41, 5.74) is 2.78. The summed E-state index contributed by atoms with van der Waals surface area (Å²) in [4.78, 5) is 26.3. The van der Waals surface area contributed by atoms with Gasteiger partial charge in [-0.25, -0.2) is 0 Å². The Kier molecular flexibility index (Phi) is 6.08. The fourth-order valence-electron chi connectivity index (χ4n) is 3.32. The summed E-state index contributed by atoms with van der Waals surface area (Å²) in [5, 5.41) is 2.91. The highest BCUT2D eigenvalue weighted by atomic mass is 16.5. The molecule has 0 aromatic heterocycles. The van der Waals surface area contributed by atoms with Crippen LogP contribution in [0.15, 0.2) is 48.5 Å². The molecule has 1 aliphatic rings. The first kappa shape index (κ1) is 18.9. The fourth-order valence-corrected chi connectivity index (χ4v) is 3.32. The standard InChI is InChI=1S/C21H24N2O4/c1-26-14-20(24)23-12-4-7-19(23)21(25)22-17-10-8-15(9-11-17)16-5-3-6-18(13-16)27-2/h3,5-6,8-11,13,19H,4,7,12,14H2,1-2H3,(H,22,25). The summed E-state index contributed by atoms with van der Waals surface area (Å²) < 4.78 is 10.2. The second-order valence-electron chi connectivity index (χ2n) is 6.48. The van der Waals surface area contributed by atoms with Crippen molar-refractivity contribution in [1.82, 2.24) is 4.90 Å². The van der Waals surface area contributed by atoms with Crippen LogP contribution in [0, 0.1) is 0 Å². The molecule has 2 aromatic carbocycles. The van der Waals surface area contributed by atoms with Gasteiger partial charge in [-0.15, -0.1) is 0 Å². The predicted octanol–water partition coefficient (Wildman–Crippen LogP) is 2.94. The number of likely N-dealkylation sites (tertiary alicyclic amines) is 1. The molecule has 1 saturated heterocycles. The van der Waals surface area contributed by atoms with Crippen molar-refractivity contribution in [3.05, 3.63) is 48.5 Å². The van der Waals surface area contributed by atoms with E-state index in [0.717, 1.165) is 23.3 Å². The summed E-state index contributed by atoms with van der Waals surface area (Å²) >= 11 is 0. The highest BCUT2D eigenvalue weighted by molar-refractivity contribution is 5.97. The number of ether oxygens (including phenoxy) is 2. The second kappa shape index (κ2) is 8.68. The molecule has 1 unspecified atom stereocenters. The summed E-state index contributed by atoms with van der Waals surface area (Å²) in [6.45, 7) is 0.591. The van der Waals surface area contributed by atoms with Crippen LogP contribution in [0.1, 0.15) is 12.8 Å². The number of nitrogens with one attached hydrogen (secondary N) is 1. The SMILES string of the molecule is COCC(=O)N1CCCC1C(=O)Nc1ccc(-c2cccc(OC)c2)cc1. The Labute approximate surface area is 159 Å². The first-order valence-corrected chi connectivity index (χ1v) is 8.96. The summed E-state index contributed by atoms with van der Waals surface area (Å²) in [7, 11) is 3.12. The van der Waals surface area contributed by atoms with Crippen LogP contribution in [0.5, 0.6) is 5.75 Å². The molecule has 1 heterocycles. The zero-order valence-electron chi connectivity index (χ0n) is 15.6. The molecule has 0 aliphatic carbocycles. The van der Waals surface area contributed by atoms with Crippen molar-refractivity contribution in [3.63, 3.8) is 0 Å². The maximum atomic E-state index is 12.6. The second-order valence-corrected chi connectivity index (χ2v) is 6.48. The van der Waals surface area contributed by atoms with Gasteiger partial charge in [-0.2, -0.15) is 0 Å². The third kappa shape index (κ3) is 4.46. The molecule has 2 aromatic rings. The summed E-state index contributed by atoms with van der Waals surface area (Å²) in [6, 6.07) is 15.0. The molecule has 1 atom stereocenters. The Morgan fingerprint density at radius 1 is 1.11 bits per heavy atom. The minimum Gasteiger partial charge on any atom is -0.497 e. The Hall–Kier alpha value is -2.86. The first-order valence-electron chi connectivity index (χ1n) is 8.96. The number of carbonyl (C=O) groups excluding carboxylic acids is 2. The number of rotatable bonds is 6. The number of hydrogen-bond acceptors (Lipinski definition) is 4. The number of hydrogen-bond donors (Lipinski definition) is 1. The van der Waals surface area contributed by atoms with Gasteiger partial charge >= 0.3 is 0 Å². The number of nitrogens with zero attached hydrogens (tertiary/aromatic N) is 1. The molecule has 6 heteroatoms. The van der Waals surface area contributed by atoms with E-state index in [1.165, 1.54) is 7.11 Å². The van der Waals surface area contributed by atoms with Crippen molar-refractivity contribution in [2.45, 2.75) is 18.9 Å². The highest BCUT2D eigenvalue weighted by Crippen LogP contribution is 2.25. The Morgan fingerprint density at radius 2 is 1.89 bits per heavy atom. The molecule has 0 saturated carbocycles. The maximum absolute atomic E-state index is 12.6. The van der Waals surface area contributed by atoms with Gasteiger partial charge < -0.3 is 19.7 Å².